The molecule has 0 aromatic rings. The number of ether oxygens (including phenoxy) is 2. The Kier molecular flexibility index (Phi) is 4.36. The standard InChI is InChI=1S/C12H22FNO3/c1-11(2,3)17-10(15)14-7-5-12(9-13,16-4)6-8-14/h5-9H2,1-4H3. The summed E-state index contributed by atoms with van der Waals surface area (Å²) in [5.41, 5.74) is -1.20. The molecule has 0 N–H and O–H groups in total. The number of alkyl halides is 1. The Bertz CT molecular complexity index is 261. The van der Waals surface area contributed by atoms with Gasteiger partial charge in [-0.15, -0.1) is 0 Å². The van der Waals surface area contributed by atoms with E-state index in [1.807, 2.05) is 20.8 Å². The van der Waals surface area contributed by atoms with Crippen molar-refractivity contribution in [1.82, 2.24) is 4.90 Å². The van der Waals surface area contributed by atoms with Gasteiger partial charge in [0.15, 0.2) is 0 Å². The van der Waals surface area contributed by atoms with Crippen LogP contribution in [0.1, 0.15) is 33.6 Å². The van der Waals surface area contributed by atoms with Gasteiger partial charge in [-0.05, 0) is 33.6 Å². The van der Waals surface area contributed by atoms with E-state index in [0.29, 0.717) is 25.9 Å². The van der Waals surface area contributed by atoms with Crippen molar-refractivity contribution >= 4 is 6.09 Å². The summed E-state index contributed by atoms with van der Waals surface area (Å²) in [6, 6.07) is 0. The molecule has 4 nitrogen and oxygen atoms in total. The first kappa shape index (κ1) is 14.2. The molecule has 0 aliphatic carbocycles. The monoisotopic (exact) mass is 247 g/mol. The summed E-state index contributed by atoms with van der Waals surface area (Å²) in [6.07, 6.45) is 0.694. The molecule has 0 radical (unpaired) electrons. The van der Waals surface area contributed by atoms with Crippen molar-refractivity contribution in [3.8, 4) is 0 Å². The zero-order valence-electron chi connectivity index (χ0n) is 11.1. The highest BCUT2D eigenvalue weighted by Crippen LogP contribution is 2.27. The lowest BCUT2D eigenvalue weighted by atomic mass is 9.93. The predicted octanol–water partition coefficient (Wildman–Crippen LogP) is 2.37. The maximum Gasteiger partial charge on any atom is 0.410 e. The van der Waals surface area contributed by atoms with Crippen molar-refractivity contribution in [3.63, 3.8) is 0 Å². The van der Waals surface area contributed by atoms with Crippen molar-refractivity contribution in [1.29, 1.82) is 0 Å². The Hall–Kier alpha value is -0.840. The van der Waals surface area contributed by atoms with Crippen molar-refractivity contribution < 1.29 is 18.7 Å². The summed E-state index contributed by atoms with van der Waals surface area (Å²) in [5, 5.41) is 0. The van der Waals surface area contributed by atoms with E-state index in [1.54, 1.807) is 4.90 Å². The number of hydrogen-bond donors (Lipinski definition) is 0. The van der Waals surface area contributed by atoms with Crippen LogP contribution in [0.25, 0.3) is 0 Å². The Morgan fingerprint density at radius 1 is 1.35 bits per heavy atom. The highest BCUT2D eigenvalue weighted by Gasteiger charge is 2.37. The molecule has 0 aromatic carbocycles. The van der Waals surface area contributed by atoms with Gasteiger partial charge in [0.2, 0.25) is 0 Å². The Morgan fingerprint density at radius 2 is 1.88 bits per heavy atom. The van der Waals surface area contributed by atoms with Crippen molar-refractivity contribution in [2.45, 2.75) is 44.8 Å². The molecule has 1 saturated heterocycles. The van der Waals surface area contributed by atoms with E-state index >= 15 is 0 Å². The summed E-state index contributed by atoms with van der Waals surface area (Å²) < 4.78 is 23.3. The fourth-order valence-electron chi connectivity index (χ4n) is 1.82. The molecule has 0 unspecified atom stereocenters. The highest BCUT2D eigenvalue weighted by atomic mass is 19.1. The third-order valence-corrected chi connectivity index (χ3v) is 3.00. The van der Waals surface area contributed by atoms with Gasteiger partial charge in [0.1, 0.15) is 12.3 Å². The van der Waals surface area contributed by atoms with Gasteiger partial charge < -0.3 is 14.4 Å². The van der Waals surface area contributed by atoms with Crippen LogP contribution in [0.5, 0.6) is 0 Å². The third-order valence-electron chi connectivity index (χ3n) is 3.00. The minimum absolute atomic E-state index is 0.332. The summed E-state index contributed by atoms with van der Waals surface area (Å²) in [7, 11) is 1.52. The number of halogens is 1. The van der Waals surface area contributed by atoms with Crippen molar-refractivity contribution in [3.05, 3.63) is 0 Å². The number of carbonyl (C=O) groups is 1. The van der Waals surface area contributed by atoms with Crippen LogP contribution in [0.3, 0.4) is 0 Å². The van der Waals surface area contributed by atoms with Crippen LogP contribution in [-0.2, 0) is 9.47 Å². The zero-order valence-corrected chi connectivity index (χ0v) is 11.1. The number of nitrogens with zero attached hydrogens (tertiary/aromatic N) is 1. The van der Waals surface area contributed by atoms with E-state index in [1.165, 1.54) is 7.11 Å². The Labute approximate surface area is 102 Å². The number of rotatable bonds is 2. The Morgan fingerprint density at radius 3 is 2.24 bits per heavy atom. The highest BCUT2D eigenvalue weighted by molar-refractivity contribution is 5.68. The van der Waals surface area contributed by atoms with E-state index in [2.05, 4.69) is 0 Å². The molecule has 100 valence electrons. The second kappa shape index (κ2) is 5.21. The second-order valence-electron chi connectivity index (χ2n) is 5.49. The first-order chi connectivity index (χ1) is 7.82. The van der Waals surface area contributed by atoms with E-state index in [0.717, 1.165) is 0 Å². The first-order valence-corrected chi connectivity index (χ1v) is 5.91. The lowest BCUT2D eigenvalue weighted by molar-refractivity contribution is -0.0728. The van der Waals surface area contributed by atoms with Crippen LogP contribution in [0, 0.1) is 0 Å². The molecule has 1 fully saturated rings. The zero-order chi connectivity index (χ0) is 13.1. The molecule has 0 bridgehead atoms. The van der Waals surface area contributed by atoms with Gasteiger partial charge in [-0.1, -0.05) is 0 Å². The average Bonchev–Trinajstić information content (AvgIpc) is 2.27. The first-order valence-electron chi connectivity index (χ1n) is 5.91. The molecule has 1 heterocycles. The molecular weight excluding hydrogens is 225 g/mol. The van der Waals surface area contributed by atoms with Gasteiger partial charge in [-0.25, -0.2) is 9.18 Å². The van der Waals surface area contributed by atoms with E-state index in [9.17, 15) is 9.18 Å². The van der Waals surface area contributed by atoms with Gasteiger partial charge in [-0.2, -0.15) is 0 Å². The van der Waals surface area contributed by atoms with Crippen molar-refractivity contribution in [2.24, 2.45) is 0 Å². The summed E-state index contributed by atoms with van der Waals surface area (Å²) >= 11 is 0. The fourth-order valence-corrected chi connectivity index (χ4v) is 1.82. The summed E-state index contributed by atoms with van der Waals surface area (Å²) in [6.45, 7) is 5.94. The fraction of sp³-hybridized carbons (Fsp3) is 0.917. The van der Waals surface area contributed by atoms with Gasteiger partial charge in [0, 0.05) is 20.2 Å². The quantitative estimate of drug-likeness (QED) is 0.752. The molecule has 1 aliphatic rings. The van der Waals surface area contributed by atoms with E-state index in [4.69, 9.17) is 9.47 Å². The van der Waals surface area contributed by atoms with E-state index < -0.39 is 17.9 Å². The van der Waals surface area contributed by atoms with Crippen LogP contribution in [0.2, 0.25) is 0 Å². The SMILES string of the molecule is COC1(CF)CCN(C(=O)OC(C)(C)C)CC1. The molecule has 0 aromatic heterocycles. The normalized spacial score (nSPS) is 20.2. The summed E-state index contributed by atoms with van der Waals surface area (Å²) in [5.74, 6) is 0. The van der Waals surface area contributed by atoms with Gasteiger partial charge in [0.25, 0.3) is 0 Å². The van der Waals surface area contributed by atoms with Gasteiger partial charge >= 0.3 is 6.09 Å². The number of hydrogen-bond acceptors (Lipinski definition) is 3. The average molecular weight is 247 g/mol. The van der Waals surface area contributed by atoms with Crippen LogP contribution in [0.4, 0.5) is 9.18 Å². The molecule has 1 rings (SSSR count). The number of methoxy groups -OCH3 is 1. The molecule has 0 atom stereocenters. The van der Waals surface area contributed by atoms with Crippen molar-refractivity contribution in [2.75, 3.05) is 26.9 Å². The maximum atomic E-state index is 12.9. The van der Waals surface area contributed by atoms with E-state index in [-0.39, 0.29) is 6.09 Å². The van der Waals surface area contributed by atoms with Gasteiger partial charge in [0.05, 0.1) is 5.60 Å². The molecule has 1 amide bonds. The van der Waals surface area contributed by atoms with Crippen LogP contribution < -0.4 is 0 Å². The third kappa shape index (κ3) is 3.84. The number of piperidine rings is 1. The molecule has 17 heavy (non-hydrogen) atoms. The smallest absolute Gasteiger partial charge is 0.410 e. The minimum Gasteiger partial charge on any atom is -0.444 e. The topological polar surface area (TPSA) is 38.8 Å². The van der Waals surface area contributed by atoms with Crippen LogP contribution in [0.15, 0.2) is 0 Å². The molecule has 0 saturated carbocycles. The minimum atomic E-state index is -0.710. The largest absolute Gasteiger partial charge is 0.444 e. The lowest BCUT2D eigenvalue weighted by Gasteiger charge is -2.39. The molecule has 0 spiro atoms. The second-order valence-corrected chi connectivity index (χ2v) is 5.49. The molecule has 1 aliphatic heterocycles. The number of carbonyl (C=O) groups excluding carboxylic acids is 1. The Balaban J connectivity index is 2.49. The predicted molar refractivity (Wildman–Crippen MR) is 62.8 cm³/mol. The molecular formula is C12H22FNO3. The van der Waals surface area contributed by atoms with Gasteiger partial charge in [-0.3, -0.25) is 0 Å². The maximum absolute atomic E-state index is 12.9. The van der Waals surface area contributed by atoms with Crippen LogP contribution in [-0.4, -0.2) is 49.1 Å². The summed E-state index contributed by atoms with van der Waals surface area (Å²) in [4.78, 5) is 13.4. The molecule has 5 heteroatoms. The number of likely N-dealkylation sites (tertiary alicyclic amines) is 1. The van der Waals surface area contributed by atoms with Crippen LogP contribution >= 0.6 is 0 Å². The lowest BCUT2D eigenvalue weighted by Crippen LogP contribution is -2.50. The number of amides is 1.